The Bertz CT molecular complexity index is 605. The molecule has 0 atom stereocenters. The minimum atomic E-state index is -0.601. The van der Waals surface area contributed by atoms with Crippen molar-refractivity contribution in [2.75, 3.05) is 52.1 Å². The van der Waals surface area contributed by atoms with E-state index in [-0.39, 0.29) is 11.8 Å². The Balaban J connectivity index is 1.72. The van der Waals surface area contributed by atoms with Gasteiger partial charge in [-0.05, 0) is 45.5 Å². The maximum atomic E-state index is 13.1. The van der Waals surface area contributed by atoms with E-state index in [1.165, 1.54) is 0 Å². The Morgan fingerprint density at radius 1 is 1.04 bits per heavy atom. The topological polar surface area (TPSA) is 55.9 Å². The van der Waals surface area contributed by atoms with E-state index >= 15 is 0 Å². The van der Waals surface area contributed by atoms with Crippen LogP contribution in [-0.4, -0.2) is 78.9 Å². The smallest absolute Gasteiger partial charge is 0.248 e. The number of anilines is 1. The number of piperidine rings is 1. The fourth-order valence-electron chi connectivity index (χ4n) is 3.52. The molecule has 0 unspecified atom stereocenters. The van der Waals surface area contributed by atoms with Crippen LogP contribution in [0.4, 0.5) is 5.69 Å². The molecular formula is C19H28N4O2. The van der Waals surface area contributed by atoms with E-state index in [0.717, 1.165) is 25.2 Å². The van der Waals surface area contributed by atoms with Crippen LogP contribution in [0.1, 0.15) is 19.3 Å². The van der Waals surface area contributed by atoms with Crippen molar-refractivity contribution in [2.45, 2.75) is 24.8 Å². The molecule has 0 spiro atoms. The number of nitrogens with one attached hydrogen (secondary N) is 1. The van der Waals surface area contributed by atoms with Crippen molar-refractivity contribution in [1.29, 1.82) is 0 Å². The van der Waals surface area contributed by atoms with E-state index in [0.29, 0.717) is 32.5 Å². The molecule has 1 aromatic rings. The van der Waals surface area contributed by atoms with Gasteiger partial charge in [0, 0.05) is 31.9 Å². The molecule has 2 aliphatic heterocycles. The summed E-state index contributed by atoms with van der Waals surface area (Å²) in [5, 5.41) is 3.50. The molecular weight excluding hydrogens is 316 g/mol. The first-order valence-electron chi connectivity index (χ1n) is 9.05. The lowest BCUT2D eigenvalue weighted by molar-refractivity contribution is -0.144. The van der Waals surface area contributed by atoms with Crippen LogP contribution in [0, 0.1) is 0 Å². The molecule has 2 aliphatic rings. The van der Waals surface area contributed by atoms with Crippen molar-refractivity contribution < 1.29 is 9.59 Å². The molecule has 136 valence electrons. The number of carbonyl (C=O) groups is 2. The Kier molecular flexibility index (Phi) is 5.27. The average Bonchev–Trinajstić information content (AvgIpc) is 2.54. The number of para-hydroxylation sites is 1. The second-order valence-corrected chi connectivity index (χ2v) is 7.34. The quantitative estimate of drug-likeness (QED) is 0.874. The molecule has 0 bridgehead atoms. The second kappa shape index (κ2) is 7.44. The monoisotopic (exact) mass is 344 g/mol. The van der Waals surface area contributed by atoms with Crippen LogP contribution in [0.3, 0.4) is 0 Å². The molecule has 1 aromatic carbocycles. The highest BCUT2D eigenvalue weighted by Gasteiger charge is 2.45. The number of rotatable bonds is 5. The molecule has 6 heteroatoms. The Morgan fingerprint density at radius 2 is 1.68 bits per heavy atom. The van der Waals surface area contributed by atoms with Crippen molar-refractivity contribution in [2.24, 2.45) is 0 Å². The van der Waals surface area contributed by atoms with Crippen LogP contribution >= 0.6 is 0 Å². The predicted octanol–water partition coefficient (Wildman–Crippen LogP) is 1.25. The molecule has 6 nitrogen and oxygen atoms in total. The zero-order valence-electron chi connectivity index (χ0n) is 15.2. The molecule has 2 amide bonds. The van der Waals surface area contributed by atoms with Crippen LogP contribution in [0.15, 0.2) is 30.3 Å². The van der Waals surface area contributed by atoms with E-state index in [1.54, 1.807) is 0 Å². The number of carbonyl (C=O) groups excluding carboxylic acids is 2. The van der Waals surface area contributed by atoms with Crippen LogP contribution in [-0.2, 0) is 9.59 Å². The van der Waals surface area contributed by atoms with Gasteiger partial charge in [0.05, 0.1) is 6.54 Å². The summed E-state index contributed by atoms with van der Waals surface area (Å²) in [6.07, 6.45) is 2.38. The number of likely N-dealkylation sites (N-methyl/N-ethyl adjacent to an activating group) is 1. The summed E-state index contributed by atoms with van der Waals surface area (Å²) >= 11 is 0. The first-order chi connectivity index (χ1) is 12.0. The van der Waals surface area contributed by atoms with Crippen LogP contribution in [0.25, 0.3) is 0 Å². The third-order valence-corrected chi connectivity index (χ3v) is 5.13. The van der Waals surface area contributed by atoms with Gasteiger partial charge < -0.3 is 20.0 Å². The van der Waals surface area contributed by atoms with E-state index in [1.807, 2.05) is 59.1 Å². The highest BCUT2D eigenvalue weighted by atomic mass is 16.2. The standard InChI is InChI=1S/C19H28N4O2/c1-21(2)15-17(24)22-13-9-19(10-14-22,18(25)23-11-6-12-23)20-16-7-4-3-5-8-16/h3-5,7-8,20H,6,9-15H2,1-2H3. The van der Waals surface area contributed by atoms with Gasteiger partial charge in [-0.15, -0.1) is 0 Å². The summed E-state index contributed by atoms with van der Waals surface area (Å²) in [7, 11) is 3.80. The molecule has 2 fully saturated rings. The van der Waals surface area contributed by atoms with Crippen molar-refractivity contribution in [3.8, 4) is 0 Å². The summed E-state index contributed by atoms with van der Waals surface area (Å²) in [6, 6.07) is 9.90. The number of likely N-dealkylation sites (tertiary alicyclic amines) is 2. The highest BCUT2D eigenvalue weighted by molar-refractivity contribution is 5.90. The van der Waals surface area contributed by atoms with E-state index in [2.05, 4.69) is 5.32 Å². The first kappa shape index (κ1) is 17.7. The third-order valence-electron chi connectivity index (χ3n) is 5.13. The van der Waals surface area contributed by atoms with Crippen LogP contribution in [0.2, 0.25) is 0 Å². The molecule has 0 saturated carbocycles. The molecule has 0 radical (unpaired) electrons. The van der Waals surface area contributed by atoms with E-state index in [4.69, 9.17) is 0 Å². The van der Waals surface area contributed by atoms with Crippen molar-refractivity contribution in [3.05, 3.63) is 30.3 Å². The van der Waals surface area contributed by atoms with Gasteiger partial charge >= 0.3 is 0 Å². The van der Waals surface area contributed by atoms with Gasteiger partial charge in [0.15, 0.2) is 0 Å². The average molecular weight is 344 g/mol. The Morgan fingerprint density at radius 3 is 2.20 bits per heavy atom. The van der Waals surface area contributed by atoms with Gasteiger partial charge in [-0.1, -0.05) is 18.2 Å². The number of nitrogens with zero attached hydrogens (tertiary/aromatic N) is 3. The molecule has 1 N–H and O–H groups in total. The number of benzene rings is 1. The van der Waals surface area contributed by atoms with Gasteiger partial charge in [-0.3, -0.25) is 9.59 Å². The molecule has 0 aromatic heterocycles. The number of amides is 2. The summed E-state index contributed by atoms with van der Waals surface area (Å²) in [6.45, 7) is 3.35. The lowest BCUT2D eigenvalue weighted by Crippen LogP contribution is -2.62. The second-order valence-electron chi connectivity index (χ2n) is 7.34. The number of hydrogen-bond acceptors (Lipinski definition) is 4. The van der Waals surface area contributed by atoms with Gasteiger partial charge in [-0.2, -0.15) is 0 Å². The zero-order chi connectivity index (χ0) is 17.9. The lowest BCUT2D eigenvalue weighted by atomic mass is 9.84. The molecule has 3 rings (SSSR count). The molecule has 0 aliphatic carbocycles. The van der Waals surface area contributed by atoms with Crippen LogP contribution < -0.4 is 5.32 Å². The summed E-state index contributed by atoms with van der Waals surface area (Å²) in [4.78, 5) is 31.1. The van der Waals surface area contributed by atoms with E-state index in [9.17, 15) is 9.59 Å². The summed E-state index contributed by atoms with van der Waals surface area (Å²) in [5.74, 6) is 0.317. The van der Waals surface area contributed by atoms with Crippen molar-refractivity contribution in [3.63, 3.8) is 0 Å². The van der Waals surface area contributed by atoms with Gasteiger partial charge in [0.1, 0.15) is 5.54 Å². The van der Waals surface area contributed by atoms with Gasteiger partial charge in [-0.25, -0.2) is 0 Å². The molecule has 2 heterocycles. The normalized spacial score (nSPS) is 19.5. The zero-order valence-corrected chi connectivity index (χ0v) is 15.2. The van der Waals surface area contributed by atoms with Crippen molar-refractivity contribution in [1.82, 2.24) is 14.7 Å². The predicted molar refractivity (Wildman–Crippen MR) is 98.4 cm³/mol. The SMILES string of the molecule is CN(C)CC(=O)N1CCC(Nc2ccccc2)(C(=O)N2CCC2)CC1. The molecule has 25 heavy (non-hydrogen) atoms. The highest BCUT2D eigenvalue weighted by Crippen LogP contribution is 2.31. The largest absolute Gasteiger partial charge is 0.371 e. The summed E-state index contributed by atoms with van der Waals surface area (Å²) < 4.78 is 0. The van der Waals surface area contributed by atoms with Crippen molar-refractivity contribution >= 4 is 17.5 Å². The third kappa shape index (κ3) is 3.95. The summed E-state index contributed by atoms with van der Waals surface area (Å²) in [5.41, 5.74) is 0.362. The first-order valence-corrected chi connectivity index (χ1v) is 9.05. The fraction of sp³-hybridized carbons (Fsp3) is 0.579. The minimum Gasteiger partial charge on any atom is -0.371 e. The molecule has 2 saturated heterocycles. The fourth-order valence-corrected chi connectivity index (χ4v) is 3.52. The Labute approximate surface area is 149 Å². The lowest BCUT2D eigenvalue weighted by Gasteiger charge is -2.46. The van der Waals surface area contributed by atoms with Crippen LogP contribution in [0.5, 0.6) is 0 Å². The van der Waals surface area contributed by atoms with Gasteiger partial charge in [0.2, 0.25) is 11.8 Å². The maximum absolute atomic E-state index is 13.1. The maximum Gasteiger partial charge on any atom is 0.248 e. The minimum absolute atomic E-state index is 0.134. The Hall–Kier alpha value is -2.08. The number of hydrogen-bond donors (Lipinski definition) is 1. The van der Waals surface area contributed by atoms with Gasteiger partial charge in [0.25, 0.3) is 0 Å². The van der Waals surface area contributed by atoms with E-state index < -0.39 is 5.54 Å².